The van der Waals surface area contributed by atoms with Crippen molar-refractivity contribution < 1.29 is 13.9 Å². The second kappa shape index (κ2) is 7.08. The van der Waals surface area contributed by atoms with E-state index < -0.39 is 5.97 Å². The number of hydrogen-bond acceptors (Lipinski definition) is 7. The number of aryl methyl sites for hydroxylation is 1. The largest absolute Gasteiger partial charge is 0.462 e. The van der Waals surface area contributed by atoms with Crippen LogP contribution in [0.1, 0.15) is 36.3 Å². The van der Waals surface area contributed by atoms with E-state index in [0.717, 1.165) is 11.9 Å². The number of carbonyl (C=O) groups is 1. The Balaban J connectivity index is 1.87. The molecular formula is C17H18N4O3. The number of esters is 1. The SMILES string of the molecule is CCCc1nc(Nc2nc3ccccc3o2)ncc1C(=O)OCC. The zero-order chi connectivity index (χ0) is 16.9. The van der Waals surface area contributed by atoms with Crippen molar-refractivity contribution in [1.29, 1.82) is 0 Å². The molecule has 0 bridgehead atoms. The Labute approximate surface area is 139 Å². The van der Waals surface area contributed by atoms with Crippen LogP contribution in [-0.4, -0.2) is 27.5 Å². The summed E-state index contributed by atoms with van der Waals surface area (Å²) in [7, 11) is 0. The molecule has 0 atom stereocenters. The van der Waals surface area contributed by atoms with E-state index in [-0.39, 0.29) is 0 Å². The molecule has 7 heteroatoms. The summed E-state index contributed by atoms with van der Waals surface area (Å²) < 4.78 is 10.6. The molecule has 1 aromatic carbocycles. The fourth-order valence-corrected chi connectivity index (χ4v) is 2.31. The van der Waals surface area contributed by atoms with Gasteiger partial charge in [-0.15, -0.1) is 0 Å². The van der Waals surface area contributed by atoms with E-state index in [0.29, 0.717) is 41.8 Å². The molecule has 0 saturated heterocycles. The van der Waals surface area contributed by atoms with Crippen LogP contribution in [0.5, 0.6) is 0 Å². The Hall–Kier alpha value is -2.96. The lowest BCUT2D eigenvalue weighted by molar-refractivity contribution is 0.0524. The Morgan fingerprint density at radius 3 is 2.83 bits per heavy atom. The molecule has 0 spiro atoms. The van der Waals surface area contributed by atoms with Gasteiger partial charge in [0.2, 0.25) is 5.95 Å². The molecule has 0 saturated carbocycles. The first-order valence-corrected chi connectivity index (χ1v) is 7.87. The van der Waals surface area contributed by atoms with Crippen LogP contribution in [0.3, 0.4) is 0 Å². The van der Waals surface area contributed by atoms with Crippen LogP contribution >= 0.6 is 0 Å². The molecular weight excluding hydrogens is 308 g/mol. The number of nitrogens with one attached hydrogen (secondary N) is 1. The molecule has 0 aliphatic heterocycles. The van der Waals surface area contributed by atoms with Gasteiger partial charge in [-0.25, -0.2) is 14.8 Å². The highest BCUT2D eigenvalue weighted by atomic mass is 16.5. The summed E-state index contributed by atoms with van der Waals surface area (Å²) in [5.74, 6) is -0.0765. The van der Waals surface area contributed by atoms with Crippen LogP contribution in [0.4, 0.5) is 12.0 Å². The van der Waals surface area contributed by atoms with Crippen LogP contribution in [0.2, 0.25) is 0 Å². The minimum Gasteiger partial charge on any atom is -0.462 e. The quantitative estimate of drug-likeness (QED) is 0.693. The van der Waals surface area contributed by atoms with Gasteiger partial charge < -0.3 is 9.15 Å². The van der Waals surface area contributed by atoms with Crippen LogP contribution in [0, 0.1) is 0 Å². The molecule has 0 fully saturated rings. The van der Waals surface area contributed by atoms with Gasteiger partial charge in [-0.1, -0.05) is 25.5 Å². The molecule has 2 aromatic heterocycles. The average Bonchev–Trinajstić information content (AvgIpc) is 2.98. The van der Waals surface area contributed by atoms with Crippen LogP contribution in [0.25, 0.3) is 11.1 Å². The zero-order valence-electron chi connectivity index (χ0n) is 13.6. The number of para-hydroxylation sites is 2. The maximum atomic E-state index is 12.0. The summed E-state index contributed by atoms with van der Waals surface area (Å²) in [4.78, 5) is 24.9. The third-order valence-corrected chi connectivity index (χ3v) is 3.36. The monoisotopic (exact) mass is 326 g/mol. The second-order valence-corrected chi connectivity index (χ2v) is 5.14. The van der Waals surface area contributed by atoms with E-state index in [1.807, 2.05) is 31.2 Å². The van der Waals surface area contributed by atoms with E-state index in [9.17, 15) is 4.79 Å². The first kappa shape index (κ1) is 15.9. The second-order valence-electron chi connectivity index (χ2n) is 5.14. The third kappa shape index (κ3) is 3.34. The summed E-state index contributed by atoms with van der Waals surface area (Å²) in [6, 6.07) is 7.76. The minimum absolute atomic E-state index is 0.308. The minimum atomic E-state index is -0.408. The van der Waals surface area contributed by atoms with Gasteiger partial charge in [-0.2, -0.15) is 4.98 Å². The molecule has 124 valence electrons. The Morgan fingerprint density at radius 2 is 2.08 bits per heavy atom. The van der Waals surface area contributed by atoms with Crippen molar-refractivity contribution in [2.24, 2.45) is 0 Å². The molecule has 0 aliphatic rings. The number of fused-ring (bicyclic) bond motifs is 1. The first-order valence-electron chi connectivity index (χ1n) is 7.87. The Bertz CT molecular complexity index is 827. The van der Waals surface area contributed by atoms with Crippen LogP contribution in [0.15, 0.2) is 34.9 Å². The number of aromatic nitrogens is 3. The smallest absolute Gasteiger partial charge is 0.341 e. The number of nitrogens with zero attached hydrogens (tertiary/aromatic N) is 3. The molecule has 0 amide bonds. The maximum Gasteiger partial charge on any atom is 0.341 e. The number of oxazole rings is 1. The van der Waals surface area contributed by atoms with Crippen molar-refractivity contribution in [3.05, 3.63) is 41.7 Å². The van der Waals surface area contributed by atoms with E-state index in [1.165, 1.54) is 6.20 Å². The van der Waals surface area contributed by atoms with E-state index in [1.54, 1.807) is 6.92 Å². The maximum absolute atomic E-state index is 12.0. The number of benzene rings is 1. The van der Waals surface area contributed by atoms with E-state index in [2.05, 4.69) is 20.3 Å². The van der Waals surface area contributed by atoms with E-state index >= 15 is 0 Å². The number of carbonyl (C=O) groups excluding carboxylic acids is 1. The number of ether oxygens (including phenoxy) is 1. The highest BCUT2D eigenvalue weighted by Crippen LogP contribution is 2.21. The fraction of sp³-hybridized carbons (Fsp3) is 0.294. The van der Waals surface area contributed by atoms with Gasteiger partial charge in [0.25, 0.3) is 0 Å². The van der Waals surface area contributed by atoms with Crippen molar-refractivity contribution in [3.63, 3.8) is 0 Å². The van der Waals surface area contributed by atoms with Gasteiger partial charge >= 0.3 is 12.0 Å². The number of hydrogen-bond donors (Lipinski definition) is 1. The predicted molar refractivity (Wildman–Crippen MR) is 89.3 cm³/mol. The highest BCUT2D eigenvalue weighted by molar-refractivity contribution is 5.90. The lowest BCUT2D eigenvalue weighted by Crippen LogP contribution is -2.12. The molecule has 0 unspecified atom stereocenters. The molecule has 0 radical (unpaired) electrons. The molecule has 7 nitrogen and oxygen atoms in total. The topological polar surface area (TPSA) is 90.1 Å². The van der Waals surface area contributed by atoms with Crippen molar-refractivity contribution in [1.82, 2.24) is 15.0 Å². The Kier molecular flexibility index (Phi) is 4.69. The predicted octanol–water partition coefficient (Wildman–Crippen LogP) is 3.49. The summed E-state index contributed by atoms with van der Waals surface area (Å²) in [5.41, 5.74) is 2.46. The van der Waals surface area contributed by atoms with Gasteiger partial charge in [0.15, 0.2) is 5.58 Å². The molecule has 2 heterocycles. The normalized spacial score (nSPS) is 10.8. The van der Waals surface area contributed by atoms with Crippen molar-refractivity contribution in [2.75, 3.05) is 11.9 Å². The molecule has 1 N–H and O–H groups in total. The summed E-state index contributed by atoms with van der Waals surface area (Å²) in [6.07, 6.45) is 2.98. The molecule has 3 aromatic rings. The highest BCUT2D eigenvalue weighted by Gasteiger charge is 2.16. The summed E-state index contributed by atoms with van der Waals surface area (Å²) in [6.45, 7) is 4.10. The number of rotatable bonds is 6. The van der Waals surface area contributed by atoms with Crippen molar-refractivity contribution in [3.8, 4) is 0 Å². The van der Waals surface area contributed by atoms with Crippen LogP contribution < -0.4 is 5.32 Å². The van der Waals surface area contributed by atoms with Gasteiger partial charge in [0.05, 0.1) is 17.9 Å². The molecule has 0 aliphatic carbocycles. The lowest BCUT2D eigenvalue weighted by atomic mass is 10.1. The first-order chi connectivity index (χ1) is 11.7. The average molecular weight is 326 g/mol. The number of anilines is 2. The van der Waals surface area contributed by atoms with Gasteiger partial charge in [0.1, 0.15) is 5.52 Å². The zero-order valence-corrected chi connectivity index (χ0v) is 13.6. The summed E-state index contributed by atoms with van der Waals surface area (Å²) >= 11 is 0. The fourth-order valence-electron chi connectivity index (χ4n) is 2.31. The van der Waals surface area contributed by atoms with E-state index in [4.69, 9.17) is 9.15 Å². The standard InChI is InChI=1S/C17H18N4O3/c1-3-7-12-11(15(22)23-4-2)10-18-16(19-12)21-17-20-13-8-5-6-9-14(13)24-17/h5-6,8-10H,3-4,7H2,1-2H3,(H,18,19,20,21). The van der Waals surface area contributed by atoms with Gasteiger partial charge in [-0.3, -0.25) is 5.32 Å². The van der Waals surface area contributed by atoms with Crippen molar-refractivity contribution in [2.45, 2.75) is 26.7 Å². The van der Waals surface area contributed by atoms with Gasteiger partial charge in [0, 0.05) is 6.20 Å². The van der Waals surface area contributed by atoms with Crippen molar-refractivity contribution >= 4 is 29.0 Å². The molecule has 24 heavy (non-hydrogen) atoms. The van der Waals surface area contributed by atoms with Gasteiger partial charge in [-0.05, 0) is 25.5 Å². The lowest BCUT2D eigenvalue weighted by Gasteiger charge is -2.08. The third-order valence-electron chi connectivity index (χ3n) is 3.36. The summed E-state index contributed by atoms with van der Waals surface area (Å²) in [5, 5.41) is 2.94. The Morgan fingerprint density at radius 1 is 1.25 bits per heavy atom. The molecule has 3 rings (SSSR count). The van der Waals surface area contributed by atoms with Crippen LogP contribution in [-0.2, 0) is 11.2 Å².